The third-order valence-electron chi connectivity index (χ3n) is 3.25. The molecule has 0 saturated carbocycles. The Bertz CT molecular complexity index is 779. The predicted octanol–water partition coefficient (Wildman–Crippen LogP) is 1.21. The lowest BCUT2D eigenvalue weighted by molar-refractivity contribution is -0.115. The standard InChI is InChI=1S/C16H19F2N5O3/c1-23(2)7-3-6-19-15(25)16-21-13(22-26-16)9-14(24)20-12-5-4-10(17)8-11(12)18/h4-5,8H,3,6-7,9H2,1-2H3,(H,19,25)(H,20,24). The van der Waals surface area contributed by atoms with E-state index >= 15 is 0 Å². The first-order valence-electron chi connectivity index (χ1n) is 7.85. The van der Waals surface area contributed by atoms with Gasteiger partial charge < -0.3 is 20.1 Å². The summed E-state index contributed by atoms with van der Waals surface area (Å²) < 4.78 is 31.1. The number of benzene rings is 1. The maximum Gasteiger partial charge on any atom is 0.315 e. The third kappa shape index (κ3) is 5.88. The monoisotopic (exact) mass is 367 g/mol. The number of aromatic nitrogens is 2. The van der Waals surface area contributed by atoms with Gasteiger partial charge in [0, 0.05) is 12.6 Å². The number of nitrogens with zero attached hydrogens (tertiary/aromatic N) is 3. The zero-order chi connectivity index (χ0) is 19.1. The Labute approximate surface area is 148 Å². The van der Waals surface area contributed by atoms with Crippen molar-refractivity contribution in [2.45, 2.75) is 12.8 Å². The predicted molar refractivity (Wildman–Crippen MR) is 88.5 cm³/mol. The summed E-state index contributed by atoms with van der Waals surface area (Å²) in [6, 6.07) is 2.78. The molecule has 1 heterocycles. The highest BCUT2D eigenvalue weighted by molar-refractivity contribution is 5.92. The highest BCUT2D eigenvalue weighted by Crippen LogP contribution is 2.15. The number of hydrogen-bond donors (Lipinski definition) is 2. The first-order chi connectivity index (χ1) is 12.3. The second kappa shape index (κ2) is 8.99. The van der Waals surface area contributed by atoms with Crippen molar-refractivity contribution in [1.29, 1.82) is 0 Å². The van der Waals surface area contributed by atoms with Gasteiger partial charge in [0.15, 0.2) is 5.82 Å². The molecule has 0 fully saturated rings. The van der Waals surface area contributed by atoms with Crippen LogP contribution in [0.2, 0.25) is 0 Å². The van der Waals surface area contributed by atoms with Crippen LogP contribution in [0.3, 0.4) is 0 Å². The molecule has 0 aliphatic rings. The lowest BCUT2D eigenvalue weighted by atomic mass is 10.3. The minimum atomic E-state index is -0.899. The molecule has 0 bridgehead atoms. The highest BCUT2D eigenvalue weighted by Gasteiger charge is 2.17. The molecule has 10 heteroatoms. The summed E-state index contributed by atoms with van der Waals surface area (Å²) in [4.78, 5) is 29.5. The van der Waals surface area contributed by atoms with E-state index in [1.807, 2.05) is 19.0 Å². The van der Waals surface area contributed by atoms with Crippen LogP contribution in [0, 0.1) is 11.6 Å². The van der Waals surface area contributed by atoms with Gasteiger partial charge in [0.05, 0.1) is 12.1 Å². The Balaban J connectivity index is 1.85. The van der Waals surface area contributed by atoms with Gasteiger partial charge in [-0.2, -0.15) is 4.98 Å². The molecule has 0 radical (unpaired) electrons. The summed E-state index contributed by atoms with van der Waals surface area (Å²) in [6.07, 6.45) is 0.430. The molecule has 2 amide bonds. The van der Waals surface area contributed by atoms with E-state index in [1.54, 1.807) is 0 Å². The van der Waals surface area contributed by atoms with Gasteiger partial charge in [0.2, 0.25) is 5.91 Å². The van der Waals surface area contributed by atoms with Crippen LogP contribution in [0.25, 0.3) is 0 Å². The second-order valence-corrected chi connectivity index (χ2v) is 5.78. The molecule has 140 valence electrons. The van der Waals surface area contributed by atoms with E-state index in [0.29, 0.717) is 12.6 Å². The normalized spacial score (nSPS) is 10.8. The molecule has 0 aliphatic heterocycles. The Morgan fingerprint density at radius 2 is 2.04 bits per heavy atom. The molecule has 2 N–H and O–H groups in total. The second-order valence-electron chi connectivity index (χ2n) is 5.78. The molecule has 2 rings (SSSR count). The Hall–Kier alpha value is -2.88. The number of carbonyl (C=O) groups excluding carboxylic acids is 2. The first kappa shape index (κ1) is 19.4. The maximum absolute atomic E-state index is 13.5. The molecule has 0 aliphatic carbocycles. The molecule has 1 aromatic heterocycles. The fraction of sp³-hybridized carbons (Fsp3) is 0.375. The average Bonchev–Trinajstić information content (AvgIpc) is 3.02. The molecule has 2 aromatic rings. The summed E-state index contributed by atoms with van der Waals surface area (Å²) in [5, 5.41) is 8.44. The lowest BCUT2D eigenvalue weighted by Crippen LogP contribution is -2.27. The van der Waals surface area contributed by atoms with E-state index in [2.05, 4.69) is 20.8 Å². The van der Waals surface area contributed by atoms with Crippen molar-refractivity contribution < 1.29 is 22.9 Å². The van der Waals surface area contributed by atoms with E-state index in [1.165, 1.54) is 0 Å². The maximum atomic E-state index is 13.5. The highest BCUT2D eigenvalue weighted by atomic mass is 19.1. The fourth-order valence-electron chi connectivity index (χ4n) is 2.02. The van der Waals surface area contributed by atoms with Crippen molar-refractivity contribution in [2.24, 2.45) is 0 Å². The van der Waals surface area contributed by atoms with Gasteiger partial charge in [-0.05, 0) is 39.2 Å². The minimum absolute atomic E-state index is 0.0246. The number of hydrogen-bond acceptors (Lipinski definition) is 6. The smallest absolute Gasteiger partial charge is 0.315 e. The van der Waals surface area contributed by atoms with Crippen molar-refractivity contribution in [1.82, 2.24) is 20.4 Å². The van der Waals surface area contributed by atoms with E-state index < -0.39 is 23.4 Å². The molecule has 0 atom stereocenters. The van der Waals surface area contributed by atoms with Gasteiger partial charge in [0.25, 0.3) is 0 Å². The first-order valence-corrected chi connectivity index (χ1v) is 7.85. The van der Waals surface area contributed by atoms with Gasteiger partial charge in [0.1, 0.15) is 11.6 Å². The van der Waals surface area contributed by atoms with Crippen molar-refractivity contribution in [2.75, 3.05) is 32.5 Å². The van der Waals surface area contributed by atoms with Gasteiger partial charge in [-0.15, -0.1) is 0 Å². The molecular weight excluding hydrogens is 348 g/mol. The topological polar surface area (TPSA) is 100 Å². The Morgan fingerprint density at radius 1 is 1.27 bits per heavy atom. The third-order valence-corrected chi connectivity index (χ3v) is 3.25. The van der Waals surface area contributed by atoms with Gasteiger partial charge >= 0.3 is 11.8 Å². The number of amides is 2. The SMILES string of the molecule is CN(C)CCCNC(=O)c1nc(CC(=O)Nc2ccc(F)cc2F)no1. The van der Waals surface area contributed by atoms with Crippen molar-refractivity contribution in [3.63, 3.8) is 0 Å². The van der Waals surface area contributed by atoms with E-state index in [4.69, 9.17) is 4.52 Å². The molecule has 0 spiro atoms. The van der Waals surface area contributed by atoms with Gasteiger partial charge in [-0.1, -0.05) is 5.16 Å². The number of anilines is 1. The number of halogens is 2. The molecule has 26 heavy (non-hydrogen) atoms. The molecular formula is C16H19F2N5O3. The molecule has 0 unspecified atom stereocenters. The van der Waals surface area contributed by atoms with Crippen molar-refractivity contribution in [3.05, 3.63) is 41.5 Å². The van der Waals surface area contributed by atoms with Crippen molar-refractivity contribution in [3.8, 4) is 0 Å². The van der Waals surface area contributed by atoms with Crippen LogP contribution in [0.5, 0.6) is 0 Å². The van der Waals surface area contributed by atoms with E-state index in [9.17, 15) is 18.4 Å². The summed E-state index contributed by atoms with van der Waals surface area (Å²) in [6.45, 7) is 1.26. The van der Waals surface area contributed by atoms with Crippen LogP contribution in [0.15, 0.2) is 22.7 Å². The Morgan fingerprint density at radius 3 is 2.73 bits per heavy atom. The summed E-state index contributed by atoms with van der Waals surface area (Å²) in [7, 11) is 3.85. The zero-order valence-corrected chi connectivity index (χ0v) is 14.4. The van der Waals surface area contributed by atoms with Crippen molar-refractivity contribution >= 4 is 17.5 Å². The molecule has 8 nitrogen and oxygen atoms in total. The van der Waals surface area contributed by atoms with Gasteiger partial charge in [-0.3, -0.25) is 9.59 Å². The lowest BCUT2D eigenvalue weighted by Gasteiger charge is -2.08. The zero-order valence-electron chi connectivity index (χ0n) is 14.4. The van der Waals surface area contributed by atoms with Crippen LogP contribution in [-0.4, -0.2) is 54.0 Å². The van der Waals surface area contributed by atoms with Crippen LogP contribution >= 0.6 is 0 Å². The average molecular weight is 367 g/mol. The molecule has 0 saturated heterocycles. The largest absolute Gasteiger partial charge is 0.348 e. The minimum Gasteiger partial charge on any atom is -0.348 e. The van der Waals surface area contributed by atoms with Crippen LogP contribution < -0.4 is 10.6 Å². The number of nitrogens with one attached hydrogen (secondary N) is 2. The van der Waals surface area contributed by atoms with Crippen LogP contribution in [-0.2, 0) is 11.2 Å². The van der Waals surface area contributed by atoms with E-state index in [0.717, 1.165) is 25.1 Å². The molecule has 1 aromatic carbocycles. The summed E-state index contributed by atoms with van der Waals surface area (Å²) in [5.41, 5.74) is -0.168. The van der Waals surface area contributed by atoms with Crippen LogP contribution in [0.1, 0.15) is 22.9 Å². The summed E-state index contributed by atoms with van der Waals surface area (Å²) in [5.74, 6) is -3.10. The Kier molecular flexibility index (Phi) is 6.73. The van der Waals surface area contributed by atoms with E-state index in [-0.39, 0.29) is 23.8 Å². The number of rotatable bonds is 8. The van der Waals surface area contributed by atoms with Gasteiger partial charge in [-0.25, -0.2) is 8.78 Å². The number of carbonyl (C=O) groups is 2. The summed E-state index contributed by atoms with van der Waals surface area (Å²) >= 11 is 0. The van der Waals surface area contributed by atoms with Crippen LogP contribution in [0.4, 0.5) is 14.5 Å². The quantitative estimate of drug-likeness (QED) is 0.681. The fourth-order valence-corrected chi connectivity index (χ4v) is 2.02.